The van der Waals surface area contributed by atoms with Crippen molar-refractivity contribution in [2.75, 3.05) is 39.3 Å². The van der Waals surface area contributed by atoms with Gasteiger partial charge in [0.15, 0.2) is 0 Å². The molecule has 0 unspecified atom stereocenters. The third-order valence-corrected chi connectivity index (χ3v) is 2.39. The van der Waals surface area contributed by atoms with Gasteiger partial charge in [-0.25, -0.2) is 0 Å². The first-order valence-electron chi connectivity index (χ1n) is 3.48. The molecular formula is C7H15ClNOS+. The zero-order chi connectivity index (χ0) is 8.91. The molecule has 0 aromatic rings. The van der Waals surface area contributed by atoms with Crippen LogP contribution in [0.1, 0.15) is 0 Å². The number of nitrogens with zero attached hydrogens (tertiary/aromatic N) is 1. The molecule has 0 amide bonds. The van der Waals surface area contributed by atoms with Gasteiger partial charge in [-0.3, -0.25) is 4.79 Å². The molecule has 66 valence electrons. The first-order valence-corrected chi connectivity index (χ1v) is 5.00. The quantitative estimate of drug-likeness (QED) is 0.497. The summed E-state index contributed by atoms with van der Waals surface area (Å²) in [5.41, 5.74) is 0. The van der Waals surface area contributed by atoms with E-state index in [0.717, 1.165) is 16.8 Å². The molecule has 0 aliphatic heterocycles. The summed E-state index contributed by atoms with van der Waals surface area (Å²) in [7, 11) is 6.31. The summed E-state index contributed by atoms with van der Waals surface area (Å²) < 4.78 is 0.891. The maximum absolute atomic E-state index is 10.7. The molecule has 0 rings (SSSR count). The van der Waals surface area contributed by atoms with Crippen molar-refractivity contribution in [2.24, 2.45) is 0 Å². The zero-order valence-electron chi connectivity index (χ0n) is 7.26. The van der Waals surface area contributed by atoms with Crippen LogP contribution in [0.3, 0.4) is 0 Å². The number of quaternary nitrogens is 1. The Balaban J connectivity index is 3.35. The van der Waals surface area contributed by atoms with Gasteiger partial charge in [-0.05, 0) is 0 Å². The van der Waals surface area contributed by atoms with Crippen LogP contribution in [0.5, 0.6) is 0 Å². The molecule has 2 nitrogen and oxygen atoms in total. The Kier molecular flexibility index (Phi) is 5.13. The van der Waals surface area contributed by atoms with E-state index in [1.165, 1.54) is 11.8 Å². The largest absolute Gasteiger partial charge is 0.330 e. The van der Waals surface area contributed by atoms with Crippen LogP contribution < -0.4 is 0 Å². The molecule has 0 aliphatic carbocycles. The van der Waals surface area contributed by atoms with E-state index in [-0.39, 0.29) is 11.0 Å². The van der Waals surface area contributed by atoms with E-state index in [1.54, 1.807) is 0 Å². The molecule has 0 aromatic carbocycles. The molecule has 0 fully saturated rings. The summed E-state index contributed by atoms with van der Waals surface area (Å²) in [5, 5.41) is 0.0696. The molecule has 4 heteroatoms. The van der Waals surface area contributed by atoms with Crippen LogP contribution in [0.2, 0.25) is 0 Å². The number of hydrogen-bond donors (Lipinski definition) is 0. The lowest BCUT2D eigenvalue weighted by molar-refractivity contribution is -0.867. The molecular weight excluding hydrogens is 182 g/mol. The van der Waals surface area contributed by atoms with Crippen LogP contribution in [0.4, 0.5) is 0 Å². The van der Waals surface area contributed by atoms with Gasteiger partial charge in [0, 0.05) is 0 Å². The van der Waals surface area contributed by atoms with E-state index in [0.29, 0.717) is 0 Å². The summed E-state index contributed by atoms with van der Waals surface area (Å²) in [6.45, 7) is 0.993. The first kappa shape index (κ1) is 11.3. The summed E-state index contributed by atoms with van der Waals surface area (Å²) in [6.07, 6.45) is 0. The predicted octanol–water partition coefficient (Wildman–Crippen LogP) is 1.19. The summed E-state index contributed by atoms with van der Waals surface area (Å²) in [6, 6.07) is 0. The topological polar surface area (TPSA) is 17.1 Å². The fourth-order valence-electron chi connectivity index (χ4n) is 0.472. The van der Waals surface area contributed by atoms with Gasteiger partial charge in [0.1, 0.15) is 0 Å². The molecule has 0 radical (unpaired) electrons. The Hall–Kier alpha value is 0.270. The number of rotatable bonds is 4. The third-order valence-electron chi connectivity index (χ3n) is 1.13. The van der Waals surface area contributed by atoms with Crippen molar-refractivity contribution in [3.63, 3.8) is 0 Å². The van der Waals surface area contributed by atoms with E-state index in [9.17, 15) is 4.79 Å². The molecule has 11 heavy (non-hydrogen) atoms. The Labute approximate surface area is 77.5 Å². The number of carbonyl (C=O) groups excluding carboxylic acids is 1. The highest BCUT2D eigenvalue weighted by atomic mass is 35.5. The Morgan fingerprint density at radius 3 is 2.36 bits per heavy atom. The molecule has 0 atom stereocenters. The summed E-state index contributed by atoms with van der Waals surface area (Å²) in [4.78, 5) is 10.7. The predicted molar refractivity (Wildman–Crippen MR) is 51.1 cm³/mol. The monoisotopic (exact) mass is 196 g/mol. The van der Waals surface area contributed by atoms with E-state index in [1.807, 2.05) is 0 Å². The number of carbonyl (C=O) groups is 1. The minimum atomic E-state index is 0.0696. The normalized spacial score (nSPS) is 11.6. The van der Waals surface area contributed by atoms with Crippen molar-refractivity contribution >= 4 is 28.5 Å². The fraction of sp³-hybridized carbons (Fsp3) is 0.857. The number of hydrogen-bond acceptors (Lipinski definition) is 2. The lowest BCUT2D eigenvalue weighted by Gasteiger charge is -2.23. The molecule has 0 aliphatic rings. The fourth-order valence-corrected chi connectivity index (χ4v) is 1.65. The van der Waals surface area contributed by atoms with Crippen molar-refractivity contribution in [3.05, 3.63) is 0 Å². The van der Waals surface area contributed by atoms with Crippen LogP contribution in [0.25, 0.3) is 0 Å². The highest BCUT2D eigenvalue weighted by molar-refractivity contribution is 8.13. The molecule has 0 bridgehead atoms. The number of thioether (sulfide) groups is 1. The molecule has 0 saturated heterocycles. The second-order valence-electron chi connectivity index (χ2n) is 3.37. The van der Waals surface area contributed by atoms with Gasteiger partial charge in [0.05, 0.1) is 39.3 Å². The van der Waals surface area contributed by atoms with Crippen LogP contribution in [0.15, 0.2) is 0 Å². The molecule has 0 heterocycles. The number of halogens is 1. The Morgan fingerprint density at radius 2 is 2.00 bits per heavy atom. The van der Waals surface area contributed by atoms with Crippen molar-refractivity contribution in [2.45, 2.75) is 0 Å². The van der Waals surface area contributed by atoms with Crippen molar-refractivity contribution in [3.8, 4) is 0 Å². The van der Waals surface area contributed by atoms with Crippen LogP contribution in [-0.4, -0.2) is 48.9 Å². The van der Waals surface area contributed by atoms with Gasteiger partial charge >= 0.3 is 0 Å². The van der Waals surface area contributed by atoms with Crippen molar-refractivity contribution in [1.29, 1.82) is 0 Å². The lowest BCUT2D eigenvalue weighted by Crippen LogP contribution is -2.36. The SMILES string of the molecule is C[N+](C)(C)CCSC(=O)CCl. The molecule has 0 spiro atoms. The minimum absolute atomic E-state index is 0.0696. The standard InChI is InChI=1S/C7H15ClNOS/c1-9(2,3)4-5-11-7(10)6-8/h4-6H2,1-3H3/q+1. The van der Waals surface area contributed by atoms with E-state index < -0.39 is 0 Å². The van der Waals surface area contributed by atoms with E-state index in [4.69, 9.17) is 11.6 Å². The second-order valence-corrected chi connectivity index (χ2v) is 4.79. The molecule has 0 N–H and O–H groups in total. The van der Waals surface area contributed by atoms with E-state index in [2.05, 4.69) is 21.1 Å². The Bertz CT molecular complexity index is 133. The van der Waals surface area contributed by atoms with Gasteiger partial charge in [-0.15, -0.1) is 11.6 Å². The maximum Gasteiger partial charge on any atom is 0.203 e. The van der Waals surface area contributed by atoms with Gasteiger partial charge in [0.2, 0.25) is 5.12 Å². The van der Waals surface area contributed by atoms with Gasteiger partial charge in [0.25, 0.3) is 0 Å². The summed E-state index contributed by atoms with van der Waals surface area (Å²) in [5.74, 6) is 0.983. The van der Waals surface area contributed by atoms with E-state index >= 15 is 0 Å². The van der Waals surface area contributed by atoms with Gasteiger partial charge < -0.3 is 4.48 Å². The summed E-state index contributed by atoms with van der Waals surface area (Å²) >= 11 is 6.64. The smallest absolute Gasteiger partial charge is 0.203 e. The van der Waals surface area contributed by atoms with Crippen LogP contribution in [0, 0.1) is 0 Å². The number of alkyl halides is 1. The molecule has 0 saturated carbocycles. The first-order chi connectivity index (χ1) is 4.95. The average Bonchev–Trinajstić information content (AvgIpc) is 1.85. The maximum atomic E-state index is 10.7. The zero-order valence-corrected chi connectivity index (χ0v) is 8.84. The van der Waals surface area contributed by atoms with Gasteiger partial charge in [-0.2, -0.15) is 0 Å². The van der Waals surface area contributed by atoms with Gasteiger partial charge in [-0.1, -0.05) is 11.8 Å². The van der Waals surface area contributed by atoms with Crippen molar-refractivity contribution in [1.82, 2.24) is 0 Å². The minimum Gasteiger partial charge on any atom is -0.330 e. The molecule has 0 aromatic heterocycles. The van der Waals surface area contributed by atoms with Crippen molar-refractivity contribution < 1.29 is 9.28 Å². The Morgan fingerprint density at radius 1 is 1.45 bits per heavy atom. The average molecular weight is 197 g/mol. The second kappa shape index (κ2) is 5.01. The third kappa shape index (κ3) is 8.17. The lowest BCUT2D eigenvalue weighted by atomic mass is 10.6. The van der Waals surface area contributed by atoms with Crippen LogP contribution in [-0.2, 0) is 4.79 Å². The highest BCUT2D eigenvalue weighted by Crippen LogP contribution is 2.04. The van der Waals surface area contributed by atoms with Crippen LogP contribution >= 0.6 is 23.4 Å². The highest BCUT2D eigenvalue weighted by Gasteiger charge is 2.08.